The normalized spacial score (nSPS) is 10.6. The molecule has 0 aliphatic carbocycles. The van der Waals surface area contributed by atoms with Crippen LogP contribution in [0.3, 0.4) is 0 Å². The Balaban J connectivity index is 2.22. The van der Waals surface area contributed by atoms with Crippen molar-refractivity contribution in [2.24, 2.45) is 0 Å². The third-order valence-electron chi connectivity index (χ3n) is 3.44. The van der Waals surface area contributed by atoms with Crippen molar-refractivity contribution in [2.45, 2.75) is 16.7 Å². The Morgan fingerprint density at radius 1 is 0.571 bits per heavy atom. The summed E-state index contributed by atoms with van der Waals surface area (Å²) in [7, 11) is -0.0303. The first kappa shape index (κ1) is 13.8. The molecule has 0 saturated heterocycles. The molecular weight excluding hydrogens is 272 g/mol. The van der Waals surface area contributed by atoms with Crippen LogP contribution in [0.1, 0.15) is 12.5 Å². The van der Waals surface area contributed by atoms with Crippen LogP contribution in [0.2, 0.25) is 0 Å². The molecule has 0 heterocycles. The minimum absolute atomic E-state index is 0.0303. The number of hydrogen-bond acceptors (Lipinski definition) is 0. The van der Waals surface area contributed by atoms with Gasteiger partial charge in [-0.05, 0) is 41.6 Å². The number of hydrogen-bond donors (Lipinski definition) is 0. The lowest BCUT2D eigenvalue weighted by molar-refractivity contribution is 1.40. The predicted molar refractivity (Wildman–Crippen MR) is 93.2 cm³/mol. The average Bonchev–Trinajstić information content (AvgIpc) is 2.58. The third-order valence-corrected chi connectivity index (χ3v) is 5.78. The van der Waals surface area contributed by atoms with Gasteiger partial charge in [-0.1, -0.05) is 66.7 Å². The molecule has 0 aromatic heterocycles. The van der Waals surface area contributed by atoms with Gasteiger partial charge in [0.25, 0.3) is 0 Å². The Bertz CT molecular complexity index is 687. The van der Waals surface area contributed by atoms with Crippen LogP contribution in [0.15, 0.2) is 101 Å². The first-order valence-corrected chi connectivity index (χ1v) is 8.32. The predicted octanol–water partition coefficient (Wildman–Crippen LogP) is 5.61. The molecule has 0 unspecified atom stereocenters. The van der Waals surface area contributed by atoms with Crippen LogP contribution in [0.25, 0.3) is 0 Å². The first-order valence-electron chi connectivity index (χ1n) is 7.09. The van der Waals surface area contributed by atoms with Gasteiger partial charge >= 0.3 is 0 Å². The van der Waals surface area contributed by atoms with E-state index < -0.39 is 0 Å². The van der Waals surface area contributed by atoms with E-state index in [1.807, 2.05) is 0 Å². The van der Waals surface area contributed by atoms with Gasteiger partial charge in [0.05, 0.1) is 0 Å². The van der Waals surface area contributed by atoms with Crippen LogP contribution in [0, 0.1) is 0 Å². The molecule has 0 saturated carbocycles. The van der Waals surface area contributed by atoms with Crippen LogP contribution in [0.5, 0.6) is 0 Å². The van der Waals surface area contributed by atoms with E-state index in [0.29, 0.717) is 0 Å². The minimum atomic E-state index is -0.0303. The summed E-state index contributed by atoms with van der Waals surface area (Å²) < 4.78 is 0. The number of benzene rings is 3. The standard InChI is InChI=1S/C20H18S/c1-17(18-11-5-2-6-12-18)21(19-13-7-3-8-14-19)20-15-9-4-10-16-20/h2-16H,1H3. The van der Waals surface area contributed by atoms with E-state index in [-0.39, 0.29) is 10.5 Å². The van der Waals surface area contributed by atoms with Crippen molar-refractivity contribution in [3.05, 3.63) is 96.6 Å². The average molecular weight is 290 g/mol. The summed E-state index contributed by atoms with van der Waals surface area (Å²) in [6.07, 6.45) is 0. The van der Waals surface area contributed by atoms with Crippen molar-refractivity contribution in [2.75, 3.05) is 0 Å². The topological polar surface area (TPSA) is 0 Å². The van der Waals surface area contributed by atoms with E-state index in [0.717, 1.165) is 0 Å². The molecule has 21 heavy (non-hydrogen) atoms. The largest absolute Gasteiger partial charge is 0.120 e. The molecule has 3 aromatic carbocycles. The molecule has 0 radical (unpaired) electrons. The molecule has 0 N–H and O–H groups in total. The zero-order valence-corrected chi connectivity index (χ0v) is 12.9. The molecule has 0 atom stereocenters. The third kappa shape index (κ3) is 3.14. The highest BCUT2D eigenvalue weighted by atomic mass is 32.2. The highest BCUT2D eigenvalue weighted by Gasteiger charge is 2.08. The summed E-state index contributed by atoms with van der Waals surface area (Å²) in [6.45, 7) is 2.25. The lowest BCUT2D eigenvalue weighted by atomic mass is 10.2. The molecule has 1 heteroatoms. The van der Waals surface area contributed by atoms with Crippen LogP contribution >= 0.6 is 10.5 Å². The fourth-order valence-corrected chi connectivity index (χ4v) is 4.60. The van der Waals surface area contributed by atoms with E-state index in [4.69, 9.17) is 0 Å². The van der Waals surface area contributed by atoms with Gasteiger partial charge in [-0.3, -0.25) is 0 Å². The minimum Gasteiger partial charge on any atom is -0.120 e. The summed E-state index contributed by atoms with van der Waals surface area (Å²) >= 11 is 0. The maximum absolute atomic E-state index is 2.25. The Kier molecular flexibility index (Phi) is 4.32. The van der Waals surface area contributed by atoms with Crippen molar-refractivity contribution >= 4 is 15.3 Å². The van der Waals surface area contributed by atoms with Gasteiger partial charge in [0.1, 0.15) is 0 Å². The Morgan fingerprint density at radius 2 is 0.952 bits per heavy atom. The molecule has 0 nitrogen and oxygen atoms in total. The van der Waals surface area contributed by atoms with Crippen molar-refractivity contribution in [3.8, 4) is 0 Å². The highest BCUT2D eigenvalue weighted by molar-refractivity contribution is 8.16. The lowest BCUT2D eigenvalue weighted by Gasteiger charge is -2.15. The smallest absolute Gasteiger partial charge is 0.00648 e. The van der Waals surface area contributed by atoms with Crippen LogP contribution in [0.4, 0.5) is 0 Å². The van der Waals surface area contributed by atoms with Gasteiger partial charge in [0.15, 0.2) is 0 Å². The Hall–Kier alpha value is -2.12. The van der Waals surface area contributed by atoms with Gasteiger partial charge < -0.3 is 0 Å². The van der Waals surface area contributed by atoms with Crippen molar-refractivity contribution in [3.63, 3.8) is 0 Å². The van der Waals surface area contributed by atoms with Crippen LogP contribution in [-0.2, 0) is 0 Å². The van der Waals surface area contributed by atoms with Crippen LogP contribution < -0.4 is 0 Å². The quantitative estimate of drug-likeness (QED) is 0.434. The van der Waals surface area contributed by atoms with Crippen LogP contribution in [-0.4, -0.2) is 4.86 Å². The number of rotatable bonds is 3. The van der Waals surface area contributed by atoms with E-state index in [1.165, 1.54) is 20.2 Å². The summed E-state index contributed by atoms with van der Waals surface area (Å²) in [5.74, 6) is 0. The Morgan fingerprint density at radius 3 is 1.38 bits per heavy atom. The maximum atomic E-state index is 2.25. The van der Waals surface area contributed by atoms with E-state index >= 15 is 0 Å². The molecule has 104 valence electrons. The summed E-state index contributed by atoms with van der Waals surface area (Å²) in [4.78, 5) is 4.14. The SMILES string of the molecule is CC(c1ccccc1)=S(c1ccccc1)c1ccccc1. The fourth-order valence-electron chi connectivity index (χ4n) is 2.39. The van der Waals surface area contributed by atoms with Gasteiger partial charge in [0.2, 0.25) is 0 Å². The molecule has 0 bridgehead atoms. The second kappa shape index (κ2) is 6.55. The highest BCUT2D eigenvalue weighted by Crippen LogP contribution is 2.38. The van der Waals surface area contributed by atoms with Crippen molar-refractivity contribution in [1.82, 2.24) is 0 Å². The second-order valence-corrected chi connectivity index (χ2v) is 7.02. The van der Waals surface area contributed by atoms with Gasteiger partial charge in [-0.25, -0.2) is 0 Å². The van der Waals surface area contributed by atoms with Crippen molar-refractivity contribution < 1.29 is 0 Å². The second-order valence-electron chi connectivity index (χ2n) is 4.85. The summed E-state index contributed by atoms with van der Waals surface area (Å²) in [5, 5.41) is 0. The van der Waals surface area contributed by atoms with Gasteiger partial charge in [-0.2, -0.15) is 0 Å². The lowest BCUT2D eigenvalue weighted by Crippen LogP contribution is -1.96. The first-order chi connectivity index (χ1) is 10.4. The summed E-state index contributed by atoms with van der Waals surface area (Å²) in [6, 6.07) is 32.2. The molecule has 0 aliphatic heterocycles. The summed E-state index contributed by atoms with van der Waals surface area (Å²) in [5.41, 5.74) is 1.31. The monoisotopic (exact) mass is 290 g/mol. The van der Waals surface area contributed by atoms with Gasteiger partial charge in [-0.15, -0.1) is 10.5 Å². The molecular formula is C20H18S. The fraction of sp³-hybridized carbons (Fsp3) is 0.0500. The van der Waals surface area contributed by atoms with Gasteiger partial charge in [0, 0.05) is 9.79 Å². The molecule has 0 fully saturated rings. The maximum Gasteiger partial charge on any atom is 0.00648 e. The van der Waals surface area contributed by atoms with E-state index in [1.54, 1.807) is 0 Å². The molecule has 0 amide bonds. The Labute approximate surface area is 129 Å². The molecule has 3 rings (SSSR count). The molecule has 0 spiro atoms. The zero-order chi connectivity index (χ0) is 14.5. The molecule has 0 aliphatic rings. The van der Waals surface area contributed by atoms with E-state index in [2.05, 4.69) is 97.9 Å². The zero-order valence-electron chi connectivity index (χ0n) is 12.1. The van der Waals surface area contributed by atoms with Crippen molar-refractivity contribution in [1.29, 1.82) is 0 Å². The van der Waals surface area contributed by atoms with E-state index in [9.17, 15) is 0 Å². The molecule has 3 aromatic rings.